The first-order valence-corrected chi connectivity index (χ1v) is 6.82. The number of anilines is 1. The number of ether oxygens (including phenoxy) is 1. The van der Waals surface area contributed by atoms with E-state index >= 15 is 0 Å². The molecule has 1 rings (SSSR count). The zero-order chi connectivity index (χ0) is 15.3. The van der Waals surface area contributed by atoms with Crippen molar-refractivity contribution in [3.8, 4) is 0 Å². The number of halogens is 1. The van der Waals surface area contributed by atoms with E-state index in [4.69, 9.17) is 15.9 Å². The summed E-state index contributed by atoms with van der Waals surface area (Å²) < 4.78 is 5.74. The zero-order valence-electron chi connectivity index (χ0n) is 11.8. The Morgan fingerprint density at radius 2 is 2.15 bits per heavy atom. The average molecular weight is 343 g/mol. The van der Waals surface area contributed by atoms with E-state index in [-0.39, 0.29) is 18.5 Å². The molecule has 0 atom stereocenters. The lowest BCUT2D eigenvalue weighted by Crippen LogP contribution is -2.49. The van der Waals surface area contributed by atoms with Crippen LogP contribution in [-0.2, 0) is 4.74 Å². The predicted octanol–water partition coefficient (Wildman–Crippen LogP) is 2.16. The minimum atomic E-state index is -0.371. The van der Waals surface area contributed by atoms with Crippen molar-refractivity contribution < 1.29 is 9.53 Å². The normalized spacial score (nSPS) is 10.2. The average Bonchev–Trinajstić information content (AvgIpc) is 2.38. The molecule has 0 unspecified atom stereocenters. The van der Waals surface area contributed by atoms with Crippen LogP contribution in [0.3, 0.4) is 0 Å². The number of para-hydroxylation sites is 1. The number of carbonyl (C=O) groups excluding carboxylic acids is 1. The molecule has 3 N–H and O–H groups in total. The molecule has 0 aromatic heterocycles. The molecule has 1 aromatic rings. The Hall–Kier alpha value is -1.60. The van der Waals surface area contributed by atoms with Gasteiger partial charge in [0.1, 0.15) is 0 Å². The molecule has 20 heavy (non-hydrogen) atoms. The second-order valence-corrected chi connectivity index (χ2v) is 5.13. The number of hydrogen-bond acceptors (Lipinski definition) is 3. The molecule has 0 heterocycles. The number of hydrogen-bond donors (Lipinski definition) is 2. The van der Waals surface area contributed by atoms with Crippen LogP contribution in [0.4, 0.5) is 10.5 Å². The summed E-state index contributed by atoms with van der Waals surface area (Å²) in [5.41, 5.74) is 7.17. The fraction of sp³-hybridized carbons (Fsp3) is 0.385. The Morgan fingerprint density at radius 3 is 2.65 bits per heavy atom. The molecule has 0 bridgehead atoms. The van der Waals surface area contributed by atoms with Crippen LogP contribution >= 0.6 is 15.9 Å². The molecule has 0 aliphatic carbocycles. The Morgan fingerprint density at radius 1 is 1.50 bits per heavy atom. The van der Waals surface area contributed by atoms with Crippen molar-refractivity contribution in [2.24, 2.45) is 5.73 Å². The van der Waals surface area contributed by atoms with Gasteiger partial charge in [-0.15, -0.1) is 0 Å². The third-order valence-corrected chi connectivity index (χ3v) is 3.49. The van der Waals surface area contributed by atoms with Gasteiger partial charge in [-0.05, 0) is 34.5 Å². The summed E-state index contributed by atoms with van der Waals surface area (Å²) in [4.78, 5) is 15.1. The lowest BCUT2D eigenvalue weighted by atomic mass is 10.2. The number of urea groups is 1. The molecule has 0 radical (unpaired) electrons. The number of benzene rings is 1. The summed E-state index contributed by atoms with van der Waals surface area (Å²) >= 11 is 3.43. The maximum absolute atomic E-state index is 12.5. The standard InChI is InChI=1S/C13H19BrN4O2/c1-9-5-4-6-10(14)11(9)17(2)13(19)18(12(15)16)7-8-20-3/h4-6H,7-8H2,1-3H3,(H3,15,16). The van der Waals surface area contributed by atoms with Crippen LogP contribution in [0.5, 0.6) is 0 Å². The molecular weight excluding hydrogens is 324 g/mol. The first kappa shape index (κ1) is 16.5. The number of nitrogens with zero attached hydrogens (tertiary/aromatic N) is 2. The fourth-order valence-electron chi connectivity index (χ4n) is 1.83. The number of nitrogens with one attached hydrogen (secondary N) is 1. The lowest BCUT2D eigenvalue weighted by Gasteiger charge is -2.28. The minimum Gasteiger partial charge on any atom is -0.383 e. The van der Waals surface area contributed by atoms with Gasteiger partial charge in [0.25, 0.3) is 0 Å². The van der Waals surface area contributed by atoms with Gasteiger partial charge in [-0.2, -0.15) is 0 Å². The highest BCUT2D eigenvalue weighted by Gasteiger charge is 2.23. The molecule has 110 valence electrons. The van der Waals surface area contributed by atoms with Crippen molar-refractivity contribution in [1.82, 2.24) is 4.90 Å². The number of amides is 2. The summed E-state index contributed by atoms with van der Waals surface area (Å²) in [6.45, 7) is 2.46. The molecule has 2 amide bonds. The van der Waals surface area contributed by atoms with Crippen molar-refractivity contribution in [3.05, 3.63) is 28.2 Å². The zero-order valence-corrected chi connectivity index (χ0v) is 13.4. The summed E-state index contributed by atoms with van der Waals surface area (Å²) in [7, 11) is 3.18. The van der Waals surface area contributed by atoms with Gasteiger partial charge in [0.05, 0.1) is 18.8 Å². The Bertz CT molecular complexity index is 487. The van der Waals surface area contributed by atoms with Gasteiger partial charge in [0, 0.05) is 18.6 Å². The van der Waals surface area contributed by atoms with Crippen molar-refractivity contribution >= 4 is 33.6 Å². The number of guanidine groups is 1. The van der Waals surface area contributed by atoms with Gasteiger partial charge < -0.3 is 10.5 Å². The summed E-state index contributed by atoms with van der Waals surface area (Å²) in [6.07, 6.45) is 0. The number of aryl methyl sites for hydroxylation is 1. The molecule has 7 heteroatoms. The molecule has 0 saturated heterocycles. The highest BCUT2D eigenvalue weighted by atomic mass is 79.9. The number of carbonyl (C=O) groups is 1. The van der Waals surface area contributed by atoms with Crippen molar-refractivity contribution in [2.75, 3.05) is 32.2 Å². The van der Waals surface area contributed by atoms with Crippen molar-refractivity contribution in [2.45, 2.75) is 6.92 Å². The Kier molecular flexibility index (Phi) is 5.97. The monoisotopic (exact) mass is 342 g/mol. The van der Waals surface area contributed by atoms with Crippen molar-refractivity contribution in [3.63, 3.8) is 0 Å². The SMILES string of the molecule is COCCN(C(=N)N)C(=O)N(C)c1c(C)cccc1Br. The van der Waals surface area contributed by atoms with Crippen LogP contribution in [-0.4, -0.2) is 44.2 Å². The second-order valence-electron chi connectivity index (χ2n) is 4.28. The molecule has 6 nitrogen and oxygen atoms in total. The minimum absolute atomic E-state index is 0.235. The molecule has 0 saturated carbocycles. The van der Waals surface area contributed by atoms with E-state index in [2.05, 4.69) is 15.9 Å². The topological polar surface area (TPSA) is 82.6 Å². The van der Waals surface area contributed by atoms with E-state index in [0.29, 0.717) is 6.61 Å². The quantitative estimate of drug-likeness (QED) is 0.649. The Balaban J connectivity index is 3.02. The molecule has 0 aliphatic rings. The van der Waals surface area contributed by atoms with Crippen LogP contribution in [0.2, 0.25) is 0 Å². The lowest BCUT2D eigenvalue weighted by molar-refractivity contribution is 0.174. The Labute approximate surface area is 127 Å². The van der Waals surface area contributed by atoms with Crippen molar-refractivity contribution in [1.29, 1.82) is 5.41 Å². The molecule has 0 spiro atoms. The van der Waals surface area contributed by atoms with E-state index in [9.17, 15) is 4.79 Å². The molecule has 0 aliphatic heterocycles. The second kappa shape index (κ2) is 7.25. The largest absolute Gasteiger partial charge is 0.383 e. The van der Waals surface area contributed by atoms with Crippen LogP contribution in [0.15, 0.2) is 22.7 Å². The first-order valence-electron chi connectivity index (χ1n) is 6.03. The van der Waals surface area contributed by atoms with E-state index in [1.807, 2.05) is 25.1 Å². The van der Waals surface area contributed by atoms with E-state index in [0.717, 1.165) is 15.7 Å². The van der Waals surface area contributed by atoms with Gasteiger partial charge in [-0.25, -0.2) is 4.79 Å². The van der Waals surface area contributed by atoms with Crippen LogP contribution in [0, 0.1) is 12.3 Å². The highest BCUT2D eigenvalue weighted by molar-refractivity contribution is 9.10. The summed E-state index contributed by atoms with van der Waals surface area (Å²) in [5, 5.41) is 7.51. The summed E-state index contributed by atoms with van der Waals surface area (Å²) in [5.74, 6) is -0.302. The van der Waals surface area contributed by atoms with Gasteiger partial charge >= 0.3 is 6.03 Å². The molecule has 0 fully saturated rings. The maximum atomic E-state index is 12.5. The third kappa shape index (κ3) is 3.71. The van der Waals surface area contributed by atoms with Crippen LogP contribution < -0.4 is 10.6 Å². The van der Waals surface area contributed by atoms with Gasteiger partial charge in [0.15, 0.2) is 5.96 Å². The fourth-order valence-corrected chi connectivity index (χ4v) is 2.56. The number of nitrogens with two attached hydrogens (primary N) is 1. The third-order valence-electron chi connectivity index (χ3n) is 2.85. The smallest absolute Gasteiger partial charge is 0.331 e. The summed E-state index contributed by atoms with van der Waals surface area (Å²) in [6, 6.07) is 5.30. The van der Waals surface area contributed by atoms with Gasteiger partial charge in [0.2, 0.25) is 0 Å². The molecule has 1 aromatic carbocycles. The highest BCUT2D eigenvalue weighted by Crippen LogP contribution is 2.29. The van der Waals surface area contributed by atoms with Crippen LogP contribution in [0.1, 0.15) is 5.56 Å². The molecular formula is C13H19BrN4O2. The van der Waals surface area contributed by atoms with E-state index in [1.54, 1.807) is 7.05 Å². The van der Waals surface area contributed by atoms with Gasteiger partial charge in [-0.1, -0.05) is 12.1 Å². The maximum Gasteiger partial charge on any atom is 0.331 e. The van der Waals surface area contributed by atoms with E-state index in [1.165, 1.54) is 16.9 Å². The van der Waals surface area contributed by atoms with Crippen LogP contribution in [0.25, 0.3) is 0 Å². The van der Waals surface area contributed by atoms with Gasteiger partial charge in [-0.3, -0.25) is 15.2 Å². The number of rotatable bonds is 4. The number of methoxy groups -OCH3 is 1. The predicted molar refractivity (Wildman–Crippen MR) is 83.2 cm³/mol. The van der Waals surface area contributed by atoms with E-state index < -0.39 is 0 Å². The first-order chi connectivity index (χ1) is 9.40.